The molecule has 0 radical (unpaired) electrons. The number of benzene rings is 3. The van der Waals surface area contributed by atoms with Crippen molar-refractivity contribution < 1.29 is 18.7 Å². The number of carbonyl (C=O) groups excluding carboxylic acids is 2. The van der Waals surface area contributed by atoms with E-state index >= 15 is 0 Å². The number of nitrogens with one attached hydrogen (secondary N) is 3. The van der Waals surface area contributed by atoms with Crippen LogP contribution >= 0.6 is 0 Å². The second-order valence-electron chi connectivity index (χ2n) is 7.05. The summed E-state index contributed by atoms with van der Waals surface area (Å²) in [6.07, 6.45) is 0. The monoisotopic (exact) mass is 421 g/mol. The molecule has 0 heterocycles. The van der Waals surface area contributed by atoms with Crippen molar-refractivity contribution in [2.24, 2.45) is 0 Å². The van der Waals surface area contributed by atoms with Gasteiger partial charge in [0.1, 0.15) is 17.6 Å². The molecular formula is C24H24FN3O3. The standard InChI is InChI=1S/C24H24FN3O3/c1-15-7-4-5-10-20(15)27-23(29)16(2)26-19-11-12-22(31-3)21(14-19)28-24(30)17-8-6-9-18(25)13-17/h4-14,16,26H,1-3H3,(H,27,29)(H,28,30). The molecule has 0 spiro atoms. The van der Waals surface area contributed by atoms with Crippen molar-refractivity contribution >= 4 is 28.9 Å². The number of amides is 2. The molecular weight excluding hydrogens is 397 g/mol. The third-order valence-electron chi connectivity index (χ3n) is 4.71. The van der Waals surface area contributed by atoms with Crippen molar-refractivity contribution in [1.29, 1.82) is 0 Å². The molecule has 3 N–H and O–H groups in total. The molecule has 0 aliphatic carbocycles. The molecule has 31 heavy (non-hydrogen) atoms. The van der Waals surface area contributed by atoms with Gasteiger partial charge in [-0.25, -0.2) is 4.39 Å². The molecule has 0 aromatic heterocycles. The van der Waals surface area contributed by atoms with Crippen molar-refractivity contribution in [1.82, 2.24) is 0 Å². The molecule has 6 nitrogen and oxygen atoms in total. The van der Waals surface area contributed by atoms with Crippen LogP contribution in [-0.2, 0) is 4.79 Å². The van der Waals surface area contributed by atoms with Gasteiger partial charge in [0.15, 0.2) is 0 Å². The fourth-order valence-corrected chi connectivity index (χ4v) is 2.99. The zero-order chi connectivity index (χ0) is 22.4. The maximum atomic E-state index is 13.4. The van der Waals surface area contributed by atoms with Crippen LogP contribution in [-0.4, -0.2) is 25.0 Å². The fourth-order valence-electron chi connectivity index (χ4n) is 2.99. The predicted octanol–water partition coefficient (Wildman–Crippen LogP) is 4.83. The van der Waals surface area contributed by atoms with E-state index in [9.17, 15) is 14.0 Å². The molecule has 1 unspecified atom stereocenters. The molecule has 2 amide bonds. The second kappa shape index (κ2) is 9.75. The van der Waals surface area contributed by atoms with Crippen molar-refractivity contribution in [3.8, 4) is 5.75 Å². The SMILES string of the molecule is COc1ccc(NC(C)C(=O)Nc2ccccc2C)cc1NC(=O)c1cccc(F)c1. The normalized spacial score (nSPS) is 11.4. The minimum atomic E-state index is -0.542. The topological polar surface area (TPSA) is 79.5 Å². The van der Waals surface area contributed by atoms with Gasteiger partial charge < -0.3 is 20.7 Å². The summed E-state index contributed by atoms with van der Waals surface area (Å²) in [5.41, 5.74) is 2.91. The van der Waals surface area contributed by atoms with Gasteiger partial charge in [-0.1, -0.05) is 24.3 Å². The van der Waals surface area contributed by atoms with Crippen LogP contribution < -0.4 is 20.7 Å². The average Bonchev–Trinajstić information content (AvgIpc) is 2.75. The van der Waals surface area contributed by atoms with Gasteiger partial charge in [0.05, 0.1) is 12.8 Å². The van der Waals surface area contributed by atoms with Gasteiger partial charge in [0.25, 0.3) is 5.91 Å². The van der Waals surface area contributed by atoms with Crippen LogP contribution in [0.1, 0.15) is 22.8 Å². The average molecular weight is 421 g/mol. The molecule has 0 saturated heterocycles. The number of methoxy groups -OCH3 is 1. The van der Waals surface area contributed by atoms with Crippen molar-refractivity contribution in [3.63, 3.8) is 0 Å². The molecule has 3 aromatic carbocycles. The van der Waals surface area contributed by atoms with Gasteiger partial charge >= 0.3 is 0 Å². The highest BCUT2D eigenvalue weighted by molar-refractivity contribution is 6.05. The molecule has 3 rings (SSSR count). The smallest absolute Gasteiger partial charge is 0.255 e. The van der Waals surface area contributed by atoms with Gasteiger partial charge in [-0.2, -0.15) is 0 Å². The summed E-state index contributed by atoms with van der Waals surface area (Å²) >= 11 is 0. The van der Waals surface area contributed by atoms with Gasteiger partial charge in [0, 0.05) is 16.9 Å². The Labute approximate surface area is 180 Å². The van der Waals surface area contributed by atoms with Crippen LogP contribution in [0.2, 0.25) is 0 Å². The van der Waals surface area contributed by atoms with Crippen molar-refractivity contribution in [2.45, 2.75) is 19.9 Å². The van der Waals surface area contributed by atoms with Crippen LogP contribution in [0.3, 0.4) is 0 Å². The third-order valence-corrected chi connectivity index (χ3v) is 4.71. The largest absolute Gasteiger partial charge is 0.495 e. The van der Waals surface area contributed by atoms with Crippen molar-refractivity contribution in [3.05, 3.63) is 83.7 Å². The van der Waals surface area contributed by atoms with E-state index in [0.29, 0.717) is 17.1 Å². The Morgan fingerprint density at radius 1 is 0.935 bits per heavy atom. The zero-order valence-corrected chi connectivity index (χ0v) is 17.5. The van der Waals surface area contributed by atoms with Gasteiger partial charge in [-0.3, -0.25) is 9.59 Å². The first kappa shape index (κ1) is 21.8. The molecule has 0 aliphatic heterocycles. The van der Waals surface area contributed by atoms with Crippen molar-refractivity contribution in [2.75, 3.05) is 23.1 Å². The van der Waals surface area contributed by atoms with Crippen LogP contribution in [0.25, 0.3) is 0 Å². The summed E-state index contributed by atoms with van der Waals surface area (Å²) in [4.78, 5) is 25.1. The number of ether oxygens (including phenoxy) is 1. The summed E-state index contributed by atoms with van der Waals surface area (Å²) in [5.74, 6) is -0.730. The van der Waals surface area contributed by atoms with E-state index < -0.39 is 17.8 Å². The third kappa shape index (κ3) is 5.60. The van der Waals surface area contributed by atoms with Crippen LogP contribution in [0.5, 0.6) is 5.75 Å². The maximum absolute atomic E-state index is 13.4. The molecule has 0 fully saturated rings. The molecule has 0 saturated carbocycles. The van der Waals surface area contributed by atoms with Crippen LogP contribution in [0.15, 0.2) is 66.7 Å². The summed E-state index contributed by atoms with van der Waals surface area (Å²) in [5, 5.41) is 8.74. The number of aryl methyl sites for hydroxylation is 1. The van der Waals surface area contributed by atoms with E-state index in [2.05, 4.69) is 16.0 Å². The quantitative estimate of drug-likeness (QED) is 0.510. The lowest BCUT2D eigenvalue weighted by atomic mass is 10.1. The first-order chi connectivity index (χ1) is 14.9. The Hall–Kier alpha value is -3.87. The summed E-state index contributed by atoms with van der Waals surface area (Å²) in [6.45, 7) is 3.66. The first-order valence-electron chi connectivity index (χ1n) is 9.75. The van der Waals surface area contributed by atoms with Crippen LogP contribution in [0, 0.1) is 12.7 Å². The Morgan fingerprint density at radius 3 is 2.42 bits per heavy atom. The molecule has 0 aliphatic rings. The van der Waals surface area contributed by atoms with E-state index in [1.54, 1.807) is 25.1 Å². The van der Waals surface area contributed by atoms with E-state index in [1.165, 1.54) is 25.3 Å². The zero-order valence-electron chi connectivity index (χ0n) is 17.5. The Balaban J connectivity index is 1.73. The highest BCUT2D eigenvalue weighted by atomic mass is 19.1. The molecule has 1 atom stereocenters. The number of carbonyl (C=O) groups is 2. The predicted molar refractivity (Wildman–Crippen MR) is 120 cm³/mol. The number of halogens is 1. The van der Waals surface area contributed by atoms with Gasteiger partial charge in [-0.05, 0) is 61.9 Å². The summed E-state index contributed by atoms with van der Waals surface area (Å²) in [7, 11) is 1.48. The highest BCUT2D eigenvalue weighted by Crippen LogP contribution is 2.29. The Bertz CT molecular complexity index is 1100. The summed E-state index contributed by atoms with van der Waals surface area (Å²) in [6, 6.07) is 17.5. The fraction of sp³-hybridized carbons (Fsp3) is 0.167. The number of anilines is 3. The molecule has 3 aromatic rings. The number of para-hydroxylation sites is 1. The van der Waals surface area contributed by atoms with E-state index in [0.717, 1.165) is 17.3 Å². The van der Waals surface area contributed by atoms with Gasteiger partial charge in [-0.15, -0.1) is 0 Å². The van der Waals surface area contributed by atoms with E-state index in [4.69, 9.17) is 4.74 Å². The van der Waals surface area contributed by atoms with E-state index in [1.807, 2.05) is 31.2 Å². The Morgan fingerprint density at radius 2 is 1.71 bits per heavy atom. The van der Waals surface area contributed by atoms with Crippen LogP contribution in [0.4, 0.5) is 21.5 Å². The lowest BCUT2D eigenvalue weighted by molar-refractivity contribution is -0.116. The number of hydrogen-bond donors (Lipinski definition) is 3. The Kier molecular flexibility index (Phi) is 6.87. The number of rotatable bonds is 7. The van der Waals surface area contributed by atoms with E-state index in [-0.39, 0.29) is 11.5 Å². The molecule has 7 heteroatoms. The minimum absolute atomic E-state index is 0.186. The molecule has 0 bridgehead atoms. The lowest BCUT2D eigenvalue weighted by Gasteiger charge is -2.18. The maximum Gasteiger partial charge on any atom is 0.255 e. The first-order valence-corrected chi connectivity index (χ1v) is 9.75. The molecule has 160 valence electrons. The summed E-state index contributed by atoms with van der Waals surface area (Å²) < 4.78 is 18.7. The van der Waals surface area contributed by atoms with Gasteiger partial charge in [0.2, 0.25) is 5.91 Å². The number of hydrogen-bond acceptors (Lipinski definition) is 4. The second-order valence-corrected chi connectivity index (χ2v) is 7.05. The lowest BCUT2D eigenvalue weighted by Crippen LogP contribution is -2.32. The minimum Gasteiger partial charge on any atom is -0.495 e. The highest BCUT2D eigenvalue weighted by Gasteiger charge is 2.16.